The topological polar surface area (TPSA) is 49.4 Å². The average Bonchev–Trinajstić information content (AvgIpc) is 2.92. The van der Waals surface area contributed by atoms with Crippen LogP contribution in [0.4, 0.5) is 0 Å². The lowest BCUT2D eigenvalue weighted by molar-refractivity contribution is 0.520. The second-order valence-electron chi connectivity index (χ2n) is 4.61. The van der Waals surface area contributed by atoms with Crippen molar-refractivity contribution in [1.82, 2.24) is 9.62 Å². The maximum Gasteiger partial charge on any atom is 0.242 e. The van der Waals surface area contributed by atoms with Crippen molar-refractivity contribution in [2.45, 2.75) is 18.0 Å². The molecule has 4 nitrogen and oxygen atoms in total. The molecule has 0 aliphatic heterocycles. The van der Waals surface area contributed by atoms with Crippen LogP contribution in [-0.2, 0) is 23.1 Å². The van der Waals surface area contributed by atoms with Gasteiger partial charge in [-0.2, -0.15) is 0 Å². The summed E-state index contributed by atoms with van der Waals surface area (Å²) in [6.45, 7) is 1.55. The zero-order valence-electron chi connectivity index (χ0n) is 11.5. The molecule has 108 valence electrons. The van der Waals surface area contributed by atoms with E-state index in [2.05, 4.69) is 16.8 Å². The molecule has 0 aliphatic rings. The van der Waals surface area contributed by atoms with E-state index in [0.717, 1.165) is 18.7 Å². The first-order valence-electron chi connectivity index (χ1n) is 6.25. The minimum Gasteiger partial charge on any atom is -0.308 e. The van der Waals surface area contributed by atoms with Crippen LogP contribution in [0.25, 0.3) is 0 Å². The molecule has 2 aromatic rings. The van der Waals surface area contributed by atoms with Crippen molar-refractivity contribution >= 4 is 21.4 Å². The summed E-state index contributed by atoms with van der Waals surface area (Å²) in [6, 6.07) is 11.1. The van der Waals surface area contributed by atoms with Gasteiger partial charge in [-0.25, -0.2) is 12.7 Å². The number of thiophene rings is 1. The molecule has 0 saturated heterocycles. The Labute approximate surface area is 124 Å². The lowest BCUT2D eigenvalue weighted by atomic mass is 10.2. The lowest BCUT2D eigenvalue weighted by Crippen LogP contribution is -2.22. The van der Waals surface area contributed by atoms with Gasteiger partial charge in [-0.15, -0.1) is 11.3 Å². The third-order valence-electron chi connectivity index (χ3n) is 2.91. The van der Waals surface area contributed by atoms with E-state index in [1.807, 2.05) is 18.2 Å². The fraction of sp³-hybridized carbons (Fsp3) is 0.286. The number of nitrogens with one attached hydrogen (secondary N) is 1. The summed E-state index contributed by atoms with van der Waals surface area (Å²) in [5, 5.41) is 5.39. The highest BCUT2D eigenvalue weighted by molar-refractivity contribution is 7.89. The predicted octanol–water partition coefficient (Wildman–Crippen LogP) is 2.29. The number of benzene rings is 1. The molecule has 1 aromatic heterocycles. The zero-order chi connectivity index (χ0) is 14.6. The maximum atomic E-state index is 11.9. The van der Waals surface area contributed by atoms with E-state index in [1.165, 1.54) is 23.3 Å². The molecule has 0 amide bonds. The van der Waals surface area contributed by atoms with E-state index in [0.29, 0.717) is 4.90 Å². The van der Waals surface area contributed by atoms with Crippen LogP contribution < -0.4 is 5.32 Å². The Bertz CT molecular complexity index is 632. The van der Waals surface area contributed by atoms with Gasteiger partial charge >= 0.3 is 0 Å². The molecule has 0 aliphatic carbocycles. The molecule has 0 bridgehead atoms. The standard InChI is InChI=1S/C14H18N2O2S2/c1-16(2)20(17,18)14-7-5-12(6-8-14)10-15-11-13-4-3-9-19-13/h3-9,15H,10-11H2,1-2H3. The van der Waals surface area contributed by atoms with Crippen LogP contribution in [0.2, 0.25) is 0 Å². The van der Waals surface area contributed by atoms with Gasteiger partial charge in [-0.1, -0.05) is 18.2 Å². The van der Waals surface area contributed by atoms with Gasteiger partial charge in [0.15, 0.2) is 0 Å². The largest absolute Gasteiger partial charge is 0.308 e. The minimum atomic E-state index is -3.34. The van der Waals surface area contributed by atoms with Crippen molar-refractivity contribution in [3.63, 3.8) is 0 Å². The monoisotopic (exact) mass is 310 g/mol. The average molecular weight is 310 g/mol. The first kappa shape index (κ1) is 15.2. The van der Waals surface area contributed by atoms with Crippen LogP contribution in [0.5, 0.6) is 0 Å². The van der Waals surface area contributed by atoms with Gasteiger partial charge in [0.2, 0.25) is 10.0 Å². The van der Waals surface area contributed by atoms with E-state index >= 15 is 0 Å². The van der Waals surface area contributed by atoms with Crippen molar-refractivity contribution in [1.29, 1.82) is 0 Å². The summed E-state index contributed by atoms with van der Waals surface area (Å²) < 4.78 is 25.1. The summed E-state index contributed by atoms with van der Waals surface area (Å²) in [5.41, 5.74) is 1.07. The lowest BCUT2D eigenvalue weighted by Gasteiger charge is -2.11. The van der Waals surface area contributed by atoms with Crippen LogP contribution >= 0.6 is 11.3 Å². The highest BCUT2D eigenvalue weighted by atomic mass is 32.2. The first-order chi connectivity index (χ1) is 9.50. The number of nitrogens with zero attached hydrogens (tertiary/aromatic N) is 1. The zero-order valence-corrected chi connectivity index (χ0v) is 13.2. The summed E-state index contributed by atoms with van der Waals surface area (Å²) >= 11 is 1.72. The van der Waals surface area contributed by atoms with E-state index < -0.39 is 10.0 Å². The first-order valence-corrected chi connectivity index (χ1v) is 8.56. The second kappa shape index (κ2) is 6.49. The van der Waals surface area contributed by atoms with Crippen LogP contribution in [0, 0.1) is 0 Å². The number of hydrogen-bond donors (Lipinski definition) is 1. The van der Waals surface area contributed by atoms with Gasteiger partial charge in [-0.05, 0) is 29.1 Å². The van der Waals surface area contributed by atoms with Crippen LogP contribution in [0.3, 0.4) is 0 Å². The van der Waals surface area contributed by atoms with E-state index in [4.69, 9.17) is 0 Å². The second-order valence-corrected chi connectivity index (χ2v) is 7.80. The molecule has 0 saturated carbocycles. The fourth-order valence-electron chi connectivity index (χ4n) is 1.73. The van der Waals surface area contributed by atoms with Crippen LogP contribution in [0.15, 0.2) is 46.7 Å². The molecule has 0 atom stereocenters. The normalized spacial score (nSPS) is 11.9. The van der Waals surface area contributed by atoms with Gasteiger partial charge in [0.05, 0.1) is 4.90 Å². The molecule has 1 heterocycles. The summed E-state index contributed by atoms with van der Waals surface area (Å²) in [5.74, 6) is 0. The third kappa shape index (κ3) is 3.67. The maximum absolute atomic E-state index is 11.9. The summed E-state index contributed by atoms with van der Waals surface area (Å²) in [7, 11) is -0.268. The molecule has 2 rings (SSSR count). The third-order valence-corrected chi connectivity index (χ3v) is 5.62. The molecule has 0 spiro atoms. The van der Waals surface area contributed by atoms with Gasteiger partial charge in [-0.3, -0.25) is 0 Å². The van der Waals surface area contributed by atoms with Gasteiger partial charge in [0.25, 0.3) is 0 Å². The molecule has 0 unspecified atom stereocenters. The molecule has 0 radical (unpaired) electrons. The van der Waals surface area contributed by atoms with E-state index in [9.17, 15) is 8.42 Å². The Hall–Kier alpha value is -1.21. The Kier molecular flexibility index (Phi) is 4.93. The van der Waals surface area contributed by atoms with Crippen molar-refractivity contribution in [2.75, 3.05) is 14.1 Å². The Morgan fingerprint density at radius 1 is 1.10 bits per heavy atom. The Morgan fingerprint density at radius 3 is 2.35 bits per heavy atom. The number of rotatable bonds is 6. The van der Waals surface area contributed by atoms with E-state index in [-0.39, 0.29) is 0 Å². The number of sulfonamides is 1. The molecule has 20 heavy (non-hydrogen) atoms. The van der Waals surface area contributed by atoms with Crippen molar-refractivity contribution in [3.05, 3.63) is 52.2 Å². The molecule has 1 aromatic carbocycles. The van der Waals surface area contributed by atoms with Crippen LogP contribution in [-0.4, -0.2) is 26.8 Å². The van der Waals surface area contributed by atoms with Gasteiger partial charge in [0, 0.05) is 32.1 Å². The molecule has 6 heteroatoms. The quantitative estimate of drug-likeness (QED) is 0.890. The van der Waals surface area contributed by atoms with Gasteiger partial charge < -0.3 is 5.32 Å². The van der Waals surface area contributed by atoms with Crippen molar-refractivity contribution in [3.8, 4) is 0 Å². The fourth-order valence-corrected chi connectivity index (χ4v) is 3.31. The number of hydrogen-bond acceptors (Lipinski definition) is 4. The minimum absolute atomic E-state index is 0.324. The highest BCUT2D eigenvalue weighted by Gasteiger charge is 2.16. The Morgan fingerprint density at radius 2 is 1.80 bits per heavy atom. The SMILES string of the molecule is CN(C)S(=O)(=O)c1ccc(CNCc2cccs2)cc1. The summed E-state index contributed by atoms with van der Waals surface area (Å²) in [6.07, 6.45) is 0. The smallest absolute Gasteiger partial charge is 0.242 e. The predicted molar refractivity (Wildman–Crippen MR) is 82.2 cm³/mol. The highest BCUT2D eigenvalue weighted by Crippen LogP contribution is 2.14. The molecular weight excluding hydrogens is 292 g/mol. The Balaban J connectivity index is 1.95. The van der Waals surface area contributed by atoms with Gasteiger partial charge in [0.1, 0.15) is 0 Å². The molecular formula is C14H18N2O2S2. The van der Waals surface area contributed by atoms with Crippen molar-refractivity contribution < 1.29 is 8.42 Å². The van der Waals surface area contributed by atoms with Crippen molar-refractivity contribution in [2.24, 2.45) is 0 Å². The van der Waals surface area contributed by atoms with E-state index in [1.54, 1.807) is 23.5 Å². The van der Waals surface area contributed by atoms with Crippen LogP contribution in [0.1, 0.15) is 10.4 Å². The summed E-state index contributed by atoms with van der Waals surface area (Å²) in [4.78, 5) is 1.61. The molecule has 0 fully saturated rings. The molecule has 1 N–H and O–H groups in total.